The van der Waals surface area contributed by atoms with E-state index in [9.17, 15) is 5.11 Å². The van der Waals surface area contributed by atoms with Gasteiger partial charge >= 0.3 is 0 Å². The minimum Gasteiger partial charge on any atom is -0.394 e. The molecule has 2 atom stereocenters. The highest BCUT2D eigenvalue weighted by atomic mass is 35.5. The minimum atomic E-state index is 0.0948. The highest BCUT2D eigenvalue weighted by Crippen LogP contribution is 2.34. The maximum absolute atomic E-state index is 9.59. The molecule has 1 aliphatic rings. The van der Waals surface area contributed by atoms with E-state index in [2.05, 4.69) is 50.0 Å². The second kappa shape index (κ2) is 6.55. The molecule has 0 bridgehead atoms. The van der Waals surface area contributed by atoms with E-state index in [4.69, 9.17) is 11.6 Å². The molecule has 118 valence electrons. The van der Waals surface area contributed by atoms with Crippen molar-refractivity contribution in [3.63, 3.8) is 0 Å². The van der Waals surface area contributed by atoms with Crippen molar-refractivity contribution < 1.29 is 5.11 Å². The van der Waals surface area contributed by atoms with E-state index in [-0.39, 0.29) is 18.2 Å². The largest absolute Gasteiger partial charge is 0.394 e. The van der Waals surface area contributed by atoms with Crippen LogP contribution in [0.2, 0.25) is 5.02 Å². The van der Waals surface area contributed by atoms with Crippen LogP contribution in [-0.2, 0) is 6.54 Å². The summed E-state index contributed by atoms with van der Waals surface area (Å²) in [5, 5.41) is 13.8. The Morgan fingerprint density at radius 2 is 2.10 bits per heavy atom. The fourth-order valence-electron chi connectivity index (χ4n) is 2.85. The summed E-state index contributed by atoms with van der Waals surface area (Å²) in [4.78, 5) is 2.24. The van der Waals surface area contributed by atoms with Gasteiger partial charge in [-0.2, -0.15) is 0 Å². The molecule has 0 radical (unpaired) electrons. The van der Waals surface area contributed by atoms with Crippen molar-refractivity contribution in [3.05, 3.63) is 28.8 Å². The zero-order chi connectivity index (χ0) is 15.6. The Morgan fingerprint density at radius 3 is 2.67 bits per heavy atom. The summed E-state index contributed by atoms with van der Waals surface area (Å²) in [7, 11) is 0. The van der Waals surface area contributed by atoms with Crippen molar-refractivity contribution in [2.24, 2.45) is 5.92 Å². The quantitative estimate of drug-likeness (QED) is 0.894. The number of nitrogens with zero attached hydrogens (tertiary/aromatic N) is 1. The average molecular weight is 311 g/mol. The average Bonchev–Trinajstić information content (AvgIpc) is 2.76. The first-order valence-electron chi connectivity index (χ1n) is 7.73. The van der Waals surface area contributed by atoms with Crippen LogP contribution in [0.5, 0.6) is 0 Å². The first-order chi connectivity index (χ1) is 9.81. The van der Waals surface area contributed by atoms with Crippen LogP contribution in [0.25, 0.3) is 0 Å². The Labute approximate surface area is 133 Å². The van der Waals surface area contributed by atoms with Crippen LogP contribution in [-0.4, -0.2) is 29.8 Å². The van der Waals surface area contributed by atoms with Crippen LogP contribution in [0.1, 0.15) is 39.7 Å². The van der Waals surface area contributed by atoms with Gasteiger partial charge in [0.05, 0.1) is 23.4 Å². The van der Waals surface area contributed by atoms with Crippen LogP contribution in [0.3, 0.4) is 0 Å². The summed E-state index contributed by atoms with van der Waals surface area (Å²) in [5.74, 6) is 0.508. The molecule has 0 saturated carbocycles. The number of halogens is 1. The molecule has 1 aliphatic heterocycles. The SMILES string of the molecule is CC1CCN(c2ccc(CNC(C)(C)C)cc2Cl)C1CO. The Hall–Kier alpha value is -0.770. The van der Waals surface area contributed by atoms with Crippen LogP contribution in [0, 0.1) is 5.92 Å². The summed E-state index contributed by atoms with van der Waals surface area (Å²) in [6, 6.07) is 6.42. The molecule has 1 heterocycles. The van der Waals surface area contributed by atoms with Crippen LogP contribution >= 0.6 is 11.6 Å². The summed E-state index contributed by atoms with van der Waals surface area (Å²) in [5.41, 5.74) is 2.32. The third-order valence-corrected chi connectivity index (χ3v) is 4.52. The monoisotopic (exact) mass is 310 g/mol. The molecule has 4 heteroatoms. The van der Waals surface area contributed by atoms with Crippen LogP contribution in [0.15, 0.2) is 18.2 Å². The summed E-state index contributed by atoms with van der Waals surface area (Å²) in [6.07, 6.45) is 1.11. The topological polar surface area (TPSA) is 35.5 Å². The number of benzene rings is 1. The zero-order valence-electron chi connectivity index (χ0n) is 13.5. The van der Waals surface area contributed by atoms with E-state index in [1.807, 2.05) is 6.07 Å². The normalized spacial score (nSPS) is 22.9. The lowest BCUT2D eigenvalue weighted by Gasteiger charge is -2.28. The number of anilines is 1. The molecule has 2 N–H and O–H groups in total. The Balaban J connectivity index is 2.12. The molecule has 0 aromatic heterocycles. The van der Waals surface area contributed by atoms with Gasteiger partial charge in [-0.25, -0.2) is 0 Å². The van der Waals surface area contributed by atoms with Gasteiger partial charge in [0.25, 0.3) is 0 Å². The van der Waals surface area contributed by atoms with Gasteiger partial charge < -0.3 is 15.3 Å². The van der Waals surface area contributed by atoms with Crippen molar-refractivity contribution in [2.75, 3.05) is 18.1 Å². The summed E-state index contributed by atoms with van der Waals surface area (Å²) >= 11 is 6.48. The molecule has 0 amide bonds. The second-order valence-corrected chi connectivity index (χ2v) is 7.51. The standard InChI is InChI=1S/C17H27ClN2O/c1-12-7-8-20(16(12)11-21)15-6-5-13(9-14(15)18)10-19-17(2,3)4/h5-6,9,12,16,19,21H,7-8,10-11H2,1-4H3. The molecule has 2 rings (SSSR count). The fourth-order valence-corrected chi connectivity index (χ4v) is 3.16. The van der Waals surface area contributed by atoms with E-state index >= 15 is 0 Å². The van der Waals surface area contributed by atoms with E-state index in [0.29, 0.717) is 5.92 Å². The number of nitrogens with one attached hydrogen (secondary N) is 1. The molecule has 1 aromatic rings. The number of aliphatic hydroxyl groups is 1. The molecule has 21 heavy (non-hydrogen) atoms. The molecule has 1 saturated heterocycles. The lowest BCUT2D eigenvalue weighted by Crippen LogP contribution is -2.36. The van der Waals surface area contributed by atoms with Crippen LogP contribution in [0.4, 0.5) is 5.69 Å². The summed E-state index contributed by atoms with van der Waals surface area (Å²) in [6.45, 7) is 10.6. The third-order valence-electron chi connectivity index (χ3n) is 4.21. The number of rotatable bonds is 4. The minimum absolute atomic E-state index is 0.0948. The zero-order valence-corrected chi connectivity index (χ0v) is 14.2. The van der Waals surface area contributed by atoms with E-state index in [1.54, 1.807) is 0 Å². The highest BCUT2D eigenvalue weighted by Gasteiger charge is 2.31. The molecule has 2 unspecified atom stereocenters. The van der Waals surface area contributed by atoms with Crippen molar-refractivity contribution in [1.29, 1.82) is 0 Å². The van der Waals surface area contributed by atoms with E-state index in [0.717, 1.165) is 30.2 Å². The molecular formula is C17H27ClN2O. The fraction of sp³-hybridized carbons (Fsp3) is 0.647. The predicted molar refractivity (Wildman–Crippen MR) is 90.0 cm³/mol. The maximum atomic E-state index is 9.59. The Morgan fingerprint density at radius 1 is 1.38 bits per heavy atom. The van der Waals surface area contributed by atoms with E-state index < -0.39 is 0 Å². The van der Waals surface area contributed by atoms with Gasteiger partial charge in [0.2, 0.25) is 0 Å². The second-order valence-electron chi connectivity index (χ2n) is 7.10. The number of aliphatic hydroxyl groups excluding tert-OH is 1. The predicted octanol–water partition coefficient (Wildman–Crippen LogP) is 3.44. The lowest BCUT2D eigenvalue weighted by molar-refractivity contribution is 0.245. The van der Waals surface area contributed by atoms with Gasteiger partial charge in [0.1, 0.15) is 0 Å². The highest BCUT2D eigenvalue weighted by molar-refractivity contribution is 6.33. The lowest BCUT2D eigenvalue weighted by atomic mass is 10.0. The van der Waals surface area contributed by atoms with Gasteiger partial charge in [-0.1, -0.05) is 24.6 Å². The van der Waals surface area contributed by atoms with Gasteiger partial charge in [0.15, 0.2) is 0 Å². The van der Waals surface area contributed by atoms with Crippen molar-refractivity contribution >= 4 is 17.3 Å². The molecular weight excluding hydrogens is 284 g/mol. The smallest absolute Gasteiger partial charge is 0.0642 e. The van der Waals surface area contributed by atoms with E-state index in [1.165, 1.54) is 5.56 Å². The molecule has 0 aliphatic carbocycles. The van der Waals surface area contributed by atoms with Gasteiger partial charge in [-0.3, -0.25) is 0 Å². The molecule has 0 spiro atoms. The Bertz CT molecular complexity index is 484. The molecule has 3 nitrogen and oxygen atoms in total. The van der Waals surface area contributed by atoms with Crippen molar-refractivity contribution in [3.8, 4) is 0 Å². The van der Waals surface area contributed by atoms with Crippen molar-refractivity contribution in [2.45, 2.75) is 52.2 Å². The third kappa shape index (κ3) is 4.12. The number of hydrogen-bond acceptors (Lipinski definition) is 3. The van der Waals surface area contributed by atoms with Gasteiger partial charge in [-0.15, -0.1) is 0 Å². The first kappa shape index (κ1) is 16.6. The molecule has 1 aromatic carbocycles. The first-order valence-corrected chi connectivity index (χ1v) is 8.10. The Kier molecular flexibility index (Phi) is 5.18. The molecule has 1 fully saturated rings. The maximum Gasteiger partial charge on any atom is 0.0642 e. The van der Waals surface area contributed by atoms with Gasteiger partial charge in [0, 0.05) is 18.6 Å². The van der Waals surface area contributed by atoms with Gasteiger partial charge in [-0.05, 0) is 50.8 Å². The van der Waals surface area contributed by atoms with Crippen LogP contribution < -0.4 is 10.2 Å². The van der Waals surface area contributed by atoms with Crippen molar-refractivity contribution in [1.82, 2.24) is 5.32 Å². The summed E-state index contributed by atoms with van der Waals surface area (Å²) < 4.78 is 0. The number of hydrogen-bond donors (Lipinski definition) is 2.